The number of fused-ring (bicyclic) bond motifs is 2. The maximum Gasteiger partial charge on any atom is 0.307 e. The molecule has 2 aliphatic heterocycles. The molecule has 1 saturated heterocycles. The number of rotatable bonds is 6. The Morgan fingerprint density at radius 3 is 2.69 bits per heavy atom. The molecule has 0 spiro atoms. The van der Waals surface area contributed by atoms with E-state index in [1.807, 2.05) is 6.07 Å². The predicted octanol–water partition coefficient (Wildman–Crippen LogP) is 4.35. The quantitative estimate of drug-likeness (QED) is 0.478. The molecule has 1 saturated carbocycles. The Kier molecular flexibility index (Phi) is 6.88. The van der Waals surface area contributed by atoms with Crippen molar-refractivity contribution in [1.29, 1.82) is 0 Å². The van der Waals surface area contributed by atoms with Gasteiger partial charge in [-0.1, -0.05) is 29.6 Å². The van der Waals surface area contributed by atoms with Crippen molar-refractivity contribution in [3.8, 4) is 5.75 Å². The number of hydrogen-bond acceptors (Lipinski definition) is 7. The van der Waals surface area contributed by atoms with E-state index in [2.05, 4.69) is 10.1 Å². The number of carbonyl (C=O) groups excluding carboxylic acids is 2. The highest BCUT2D eigenvalue weighted by Crippen LogP contribution is 2.45. The number of likely N-dealkylation sites (tertiary alicyclic amines) is 1. The van der Waals surface area contributed by atoms with Crippen LogP contribution in [0, 0.1) is 11.8 Å². The van der Waals surface area contributed by atoms with Crippen LogP contribution in [0.3, 0.4) is 0 Å². The summed E-state index contributed by atoms with van der Waals surface area (Å²) in [7, 11) is 0. The van der Waals surface area contributed by atoms with Crippen LogP contribution in [0.1, 0.15) is 61.5 Å². The molecule has 39 heavy (non-hydrogen) atoms. The summed E-state index contributed by atoms with van der Waals surface area (Å²) in [6, 6.07) is 7.16. The number of aromatic nitrogens is 2. The van der Waals surface area contributed by atoms with Crippen LogP contribution >= 0.6 is 11.6 Å². The first-order chi connectivity index (χ1) is 18.9. The Labute approximate surface area is 229 Å². The minimum atomic E-state index is -0.944. The highest BCUT2D eigenvalue weighted by atomic mass is 35.5. The van der Waals surface area contributed by atoms with Crippen LogP contribution in [-0.4, -0.2) is 55.9 Å². The van der Waals surface area contributed by atoms with Gasteiger partial charge in [-0.05, 0) is 55.5 Å². The number of halogens is 1. The van der Waals surface area contributed by atoms with Gasteiger partial charge in [0, 0.05) is 36.3 Å². The molecule has 1 N–H and O–H groups in total. The second-order valence-corrected chi connectivity index (χ2v) is 10.8. The number of ether oxygens (including phenoxy) is 1. The van der Waals surface area contributed by atoms with Gasteiger partial charge in [-0.2, -0.15) is 0 Å². The summed E-state index contributed by atoms with van der Waals surface area (Å²) in [5.74, 6) is -2.08. The molecule has 4 heterocycles. The van der Waals surface area contributed by atoms with E-state index in [1.165, 1.54) is 0 Å². The number of amides is 2. The molecule has 2 unspecified atom stereocenters. The Balaban J connectivity index is 1.39. The summed E-state index contributed by atoms with van der Waals surface area (Å²) in [4.78, 5) is 46.8. The molecule has 10 nitrogen and oxygen atoms in total. The molecule has 204 valence electrons. The molecule has 0 radical (unpaired) electrons. The molecule has 6 rings (SSSR count). The second-order valence-electron chi connectivity index (χ2n) is 10.4. The zero-order valence-electron chi connectivity index (χ0n) is 21.3. The van der Waals surface area contributed by atoms with Crippen molar-refractivity contribution < 1.29 is 28.8 Å². The van der Waals surface area contributed by atoms with Gasteiger partial charge in [0.05, 0.1) is 17.2 Å². The SMILES string of the molecule is O=C(O)C1CCCC[C@H]1C(=O)N1CCc2c(Cl)ccc(OCc3noc4ncccc34)c2C1N1CCCC1=O. The minimum absolute atomic E-state index is 0.0522. The fourth-order valence-corrected chi connectivity index (χ4v) is 6.55. The summed E-state index contributed by atoms with van der Waals surface area (Å²) >= 11 is 6.67. The molecule has 3 aromatic rings. The van der Waals surface area contributed by atoms with E-state index in [-0.39, 0.29) is 18.4 Å². The Bertz CT molecular complexity index is 1440. The number of hydrogen-bond donors (Lipinski definition) is 1. The molecule has 2 fully saturated rings. The van der Waals surface area contributed by atoms with Crippen LogP contribution in [-0.2, 0) is 27.4 Å². The first-order valence-electron chi connectivity index (χ1n) is 13.4. The first-order valence-corrected chi connectivity index (χ1v) is 13.8. The number of carbonyl (C=O) groups is 3. The Morgan fingerprint density at radius 2 is 1.92 bits per heavy atom. The van der Waals surface area contributed by atoms with E-state index >= 15 is 0 Å². The van der Waals surface area contributed by atoms with Crippen LogP contribution in [0.25, 0.3) is 11.1 Å². The van der Waals surface area contributed by atoms with Crippen LogP contribution in [0.5, 0.6) is 5.75 Å². The fourth-order valence-electron chi connectivity index (χ4n) is 6.29. The van der Waals surface area contributed by atoms with Crippen LogP contribution in [0.4, 0.5) is 0 Å². The van der Waals surface area contributed by atoms with Crippen LogP contribution < -0.4 is 4.74 Å². The van der Waals surface area contributed by atoms with Crippen molar-refractivity contribution in [2.45, 2.75) is 57.7 Å². The second kappa shape index (κ2) is 10.5. The third-order valence-electron chi connectivity index (χ3n) is 8.19. The zero-order valence-corrected chi connectivity index (χ0v) is 22.1. The van der Waals surface area contributed by atoms with Crippen molar-refractivity contribution in [2.75, 3.05) is 13.1 Å². The average molecular weight is 553 g/mol. The molecule has 3 aliphatic rings. The van der Waals surface area contributed by atoms with Gasteiger partial charge < -0.3 is 24.2 Å². The molecule has 11 heteroatoms. The van der Waals surface area contributed by atoms with Crippen LogP contribution in [0.15, 0.2) is 35.0 Å². The summed E-state index contributed by atoms with van der Waals surface area (Å²) in [6.07, 6.45) is 5.03. The molecule has 0 bridgehead atoms. The molecule has 3 atom stereocenters. The number of pyridine rings is 1. The van der Waals surface area contributed by atoms with Crippen LogP contribution in [0.2, 0.25) is 5.02 Å². The van der Waals surface area contributed by atoms with E-state index in [0.717, 1.165) is 23.8 Å². The van der Waals surface area contributed by atoms with Crippen molar-refractivity contribution >= 4 is 40.5 Å². The van der Waals surface area contributed by atoms with Gasteiger partial charge in [-0.25, -0.2) is 4.98 Å². The van der Waals surface area contributed by atoms with Crippen molar-refractivity contribution in [3.63, 3.8) is 0 Å². The number of nitrogens with zero attached hydrogens (tertiary/aromatic N) is 4. The van der Waals surface area contributed by atoms with E-state index in [0.29, 0.717) is 72.9 Å². The summed E-state index contributed by atoms with van der Waals surface area (Å²) in [5, 5.41) is 15.2. The van der Waals surface area contributed by atoms with E-state index in [9.17, 15) is 19.5 Å². The number of benzene rings is 1. The average Bonchev–Trinajstić information content (AvgIpc) is 3.57. The fraction of sp³-hybridized carbons (Fsp3) is 0.464. The van der Waals surface area contributed by atoms with Gasteiger partial charge in [0.2, 0.25) is 11.8 Å². The lowest BCUT2D eigenvalue weighted by Gasteiger charge is -2.45. The third kappa shape index (κ3) is 4.60. The number of carboxylic acid groups (broad SMARTS) is 1. The lowest BCUT2D eigenvalue weighted by Crippen LogP contribution is -2.52. The highest BCUT2D eigenvalue weighted by molar-refractivity contribution is 6.31. The van der Waals surface area contributed by atoms with Gasteiger partial charge in [0.15, 0.2) is 0 Å². The first kappa shape index (κ1) is 25.6. The summed E-state index contributed by atoms with van der Waals surface area (Å²) < 4.78 is 11.6. The number of carboxylic acids is 1. The van der Waals surface area contributed by atoms with E-state index in [1.54, 1.807) is 34.2 Å². The third-order valence-corrected chi connectivity index (χ3v) is 8.55. The molecule has 2 amide bonds. The molecule has 2 aromatic heterocycles. The van der Waals surface area contributed by atoms with Crippen molar-refractivity contribution in [3.05, 3.63) is 52.3 Å². The summed E-state index contributed by atoms with van der Waals surface area (Å²) in [6.45, 7) is 0.919. The van der Waals surface area contributed by atoms with Gasteiger partial charge in [0.25, 0.3) is 5.71 Å². The topological polar surface area (TPSA) is 126 Å². The Hall–Kier alpha value is -3.66. The van der Waals surface area contributed by atoms with E-state index in [4.69, 9.17) is 20.9 Å². The van der Waals surface area contributed by atoms with Gasteiger partial charge in [-0.3, -0.25) is 14.4 Å². The Morgan fingerprint density at radius 1 is 1.10 bits per heavy atom. The number of aliphatic carboxylic acids is 1. The van der Waals surface area contributed by atoms with E-state index < -0.39 is 24.0 Å². The lowest BCUT2D eigenvalue weighted by molar-refractivity contribution is -0.157. The summed E-state index contributed by atoms with van der Waals surface area (Å²) in [5.41, 5.74) is 2.48. The van der Waals surface area contributed by atoms with Gasteiger partial charge in [-0.15, -0.1) is 0 Å². The normalized spacial score (nSPS) is 23.2. The minimum Gasteiger partial charge on any atom is -0.487 e. The van der Waals surface area contributed by atoms with Gasteiger partial charge >= 0.3 is 5.97 Å². The van der Waals surface area contributed by atoms with Gasteiger partial charge in [0.1, 0.15) is 24.2 Å². The largest absolute Gasteiger partial charge is 0.487 e. The maximum atomic E-state index is 14.1. The predicted molar refractivity (Wildman–Crippen MR) is 140 cm³/mol. The molecule has 1 aliphatic carbocycles. The zero-order chi connectivity index (χ0) is 27.1. The monoisotopic (exact) mass is 552 g/mol. The lowest BCUT2D eigenvalue weighted by atomic mass is 9.78. The highest BCUT2D eigenvalue weighted by Gasteiger charge is 2.46. The van der Waals surface area contributed by atoms with Crippen molar-refractivity contribution in [1.82, 2.24) is 19.9 Å². The smallest absolute Gasteiger partial charge is 0.307 e. The molecular weight excluding hydrogens is 524 g/mol. The maximum absolute atomic E-state index is 14.1. The standard InChI is InChI=1S/C28H29ClN4O6/c29-20-9-10-22(38-15-21-19-7-3-12-30-25(19)39-31-21)24-18(20)11-14-33(26(24)32-13-4-8-23(32)34)27(35)16-5-1-2-6-17(16)28(36)37/h3,7,9-10,12,16-17,26H,1-2,4-6,8,11,13-15H2,(H,36,37)/t16-,17?,26?/m1/s1. The molecule has 1 aromatic carbocycles. The van der Waals surface area contributed by atoms with Crippen molar-refractivity contribution in [2.24, 2.45) is 11.8 Å². The molecular formula is C28H29ClN4O6.